The molecule has 0 aromatic heterocycles. The maximum absolute atomic E-state index is 11.2. The topological polar surface area (TPSA) is 72.3 Å². The summed E-state index contributed by atoms with van der Waals surface area (Å²) >= 11 is 6.24. The molecule has 1 atom stereocenters. The average Bonchev–Trinajstić information content (AvgIpc) is 2.46. The molecule has 2 aromatic rings. The van der Waals surface area contributed by atoms with Crippen LogP contribution in [-0.4, -0.2) is 13.0 Å². The van der Waals surface area contributed by atoms with E-state index < -0.39 is 5.91 Å². The largest absolute Gasteiger partial charge is 0.397 e. The monoisotopic (exact) mass is 303 g/mol. The van der Waals surface area contributed by atoms with Gasteiger partial charge in [0.1, 0.15) is 0 Å². The van der Waals surface area contributed by atoms with Crippen molar-refractivity contribution < 1.29 is 4.79 Å². The van der Waals surface area contributed by atoms with Gasteiger partial charge in [0.25, 0.3) is 0 Å². The normalized spacial score (nSPS) is 12.0. The summed E-state index contributed by atoms with van der Waals surface area (Å²) in [7, 11) is 1.93. The Hall–Kier alpha value is -2.20. The number of hydrogen-bond acceptors (Lipinski definition) is 3. The number of carbonyl (C=O) groups is 1. The second-order valence-corrected chi connectivity index (χ2v) is 5.35. The number of nitrogens with zero attached hydrogens (tertiary/aromatic N) is 1. The number of benzene rings is 2. The van der Waals surface area contributed by atoms with Gasteiger partial charge in [0.2, 0.25) is 5.91 Å². The van der Waals surface area contributed by atoms with Gasteiger partial charge in [-0.05, 0) is 36.8 Å². The zero-order valence-electron chi connectivity index (χ0n) is 12.0. The third kappa shape index (κ3) is 3.11. The molecule has 0 heterocycles. The van der Waals surface area contributed by atoms with Crippen molar-refractivity contribution in [2.24, 2.45) is 5.73 Å². The van der Waals surface area contributed by atoms with Crippen LogP contribution < -0.4 is 16.4 Å². The molecule has 0 aliphatic carbocycles. The minimum Gasteiger partial charge on any atom is -0.397 e. The van der Waals surface area contributed by atoms with Crippen molar-refractivity contribution in [2.75, 3.05) is 17.7 Å². The Kier molecular flexibility index (Phi) is 4.38. The lowest BCUT2D eigenvalue weighted by Crippen LogP contribution is -2.23. The fourth-order valence-electron chi connectivity index (χ4n) is 2.26. The van der Waals surface area contributed by atoms with Crippen LogP contribution in [0.15, 0.2) is 42.5 Å². The van der Waals surface area contributed by atoms with Gasteiger partial charge in [-0.1, -0.05) is 29.8 Å². The number of anilines is 2. The van der Waals surface area contributed by atoms with Crippen molar-refractivity contribution >= 4 is 28.9 Å². The molecule has 0 aliphatic heterocycles. The summed E-state index contributed by atoms with van der Waals surface area (Å²) in [6, 6.07) is 12.8. The second-order valence-electron chi connectivity index (χ2n) is 4.95. The van der Waals surface area contributed by atoms with Gasteiger partial charge >= 0.3 is 0 Å². The molecule has 2 rings (SSSR count). The van der Waals surface area contributed by atoms with E-state index in [0.717, 1.165) is 11.3 Å². The third-order valence-corrected chi connectivity index (χ3v) is 3.97. The molecule has 0 radical (unpaired) electrons. The highest BCUT2D eigenvalue weighted by atomic mass is 35.5. The van der Waals surface area contributed by atoms with E-state index in [4.69, 9.17) is 23.1 Å². The Bertz CT molecular complexity index is 672. The molecule has 110 valence electrons. The predicted molar refractivity (Wildman–Crippen MR) is 87.6 cm³/mol. The summed E-state index contributed by atoms with van der Waals surface area (Å²) in [6.45, 7) is 2.04. The van der Waals surface area contributed by atoms with Gasteiger partial charge in [0.05, 0.1) is 17.4 Å². The van der Waals surface area contributed by atoms with E-state index in [2.05, 4.69) is 0 Å². The van der Waals surface area contributed by atoms with Gasteiger partial charge in [-0.15, -0.1) is 0 Å². The fraction of sp³-hybridized carbons (Fsp3) is 0.188. The summed E-state index contributed by atoms with van der Waals surface area (Å²) in [5.41, 5.74) is 14.0. The van der Waals surface area contributed by atoms with E-state index in [1.165, 1.54) is 0 Å². The molecular formula is C16H18ClN3O. The van der Waals surface area contributed by atoms with Crippen LogP contribution in [0.25, 0.3) is 0 Å². The molecule has 0 aliphatic rings. The Balaban J connectivity index is 2.34. The molecule has 4 N–H and O–H groups in total. The summed E-state index contributed by atoms with van der Waals surface area (Å²) in [4.78, 5) is 13.2. The van der Waals surface area contributed by atoms with Crippen LogP contribution in [0.3, 0.4) is 0 Å². The van der Waals surface area contributed by atoms with Crippen LogP contribution in [-0.2, 0) is 0 Å². The van der Waals surface area contributed by atoms with E-state index in [1.807, 2.05) is 43.1 Å². The molecule has 2 aromatic carbocycles. The van der Waals surface area contributed by atoms with Gasteiger partial charge in [-0.25, -0.2) is 0 Å². The molecule has 21 heavy (non-hydrogen) atoms. The number of hydrogen-bond donors (Lipinski definition) is 2. The number of carbonyl (C=O) groups excluding carboxylic acids is 1. The lowest BCUT2D eigenvalue weighted by Gasteiger charge is -2.29. The number of rotatable bonds is 4. The highest BCUT2D eigenvalue weighted by molar-refractivity contribution is 6.31. The highest BCUT2D eigenvalue weighted by Gasteiger charge is 2.17. The highest BCUT2D eigenvalue weighted by Crippen LogP contribution is 2.33. The van der Waals surface area contributed by atoms with E-state index in [9.17, 15) is 4.79 Å². The predicted octanol–water partition coefficient (Wildman–Crippen LogP) is 3.22. The van der Waals surface area contributed by atoms with Gasteiger partial charge in [-0.3, -0.25) is 4.79 Å². The van der Waals surface area contributed by atoms with Crippen molar-refractivity contribution in [1.29, 1.82) is 0 Å². The van der Waals surface area contributed by atoms with Crippen LogP contribution in [0.5, 0.6) is 0 Å². The maximum atomic E-state index is 11.2. The van der Waals surface area contributed by atoms with E-state index >= 15 is 0 Å². The minimum atomic E-state index is -0.491. The van der Waals surface area contributed by atoms with E-state index in [0.29, 0.717) is 16.3 Å². The van der Waals surface area contributed by atoms with Gasteiger partial charge in [0, 0.05) is 17.6 Å². The number of nitrogen functional groups attached to an aromatic ring is 1. The average molecular weight is 304 g/mol. The Morgan fingerprint density at radius 3 is 2.48 bits per heavy atom. The summed E-state index contributed by atoms with van der Waals surface area (Å²) in [5, 5.41) is 0.712. The smallest absolute Gasteiger partial charge is 0.248 e. The molecule has 1 amide bonds. The van der Waals surface area contributed by atoms with Crippen LogP contribution in [0, 0.1) is 0 Å². The van der Waals surface area contributed by atoms with Crippen LogP contribution in [0.1, 0.15) is 28.9 Å². The lowest BCUT2D eigenvalue weighted by molar-refractivity contribution is 0.100. The molecular weight excluding hydrogens is 286 g/mol. The summed E-state index contributed by atoms with van der Waals surface area (Å²) in [6.07, 6.45) is 0. The van der Waals surface area contributed by atoms with Crippen LogP contribution in [0.2, 0.25) is 5.02 Å². The van der Waals surface area contributed by atoms with Gasteiger partial charge in [-0.2, -0.15) is 0 Å². The number of primary amides is 1. The molecule has 5 heteroatoms. The molecule has 0 saturated heterocycles. The SMILES string of the molecule is CC(c1ccccc1Cl)N(C)c1ccc(C(N)=O)cc1N. The Labute approximate surface area is 129 Å². The lowest BCUT2D eigenvalue weighted by atomic mass is 10.1. The molecule has 0 fully saturated rings. The third-order valence-electron chi connectivity index (χ3n) is 3.63. The van der Waals surface area contributed by atoms with Crippen LogP contribution in [0.4, 0.5) is 11.4 Å². The number of nitrogens with two attached hydrogens (primary N) is 2. The molecule has 1 unspecified atom stereocenters. The number of amides is 1. The first-order chi connectivity index (χ1) is 9.91. The summed E-state index contributed by atoms with van der Waals surface area (Å²) < 4.78 is 0. The maximum Gasteiger partial charge on any atom is 0.248 e. The Morgan fingerprint density at radius 1 is 1.24 bits per heavy atom. The van der Waals surface area contributed by atoms with E-state index in [-0.39, 0.29) is 6.04 Å². The first kappa shape index (κ1) is 15.2. The number of halogens is 1. The first-order valence-corrected chi connectivity index (χ1v) is 6.96. The van der Waals surface area contributed by atoms with E-state index in [1.54, 1.807) is 18.2 Å². The second kappa shape index (κ2) is 6.06. The first-order valence-electron chi connectivity index (χ1n) is 6.58. The quantitative estimate of drug-likeness (QED) is 0.852. The zero-order chi connectivity index (χ0) is 15.6. The molecule has 0 spiro atoms. The summed E-state index contributed by atoms with van der Waals surface area (Å²) in [5.74, 6) is -0.491. The molecule has 0 bridgehead atoms. The van der Waals surface area contributed by atoms with Crippen molar-refractivity contribution in [2.45, 2.75) is 13.0 Å². The standard InChI is InChI=1S/C16H18ClN3O/c1-10(12-5-3-4-6-13(12)17)20(2)15-8-7-11(16(19)21)9-14(15)18/h3-10H,18H2,1-2H3,(H2,19,21). The Morgan fingerprint density at radius 2 is 1.90 bits per heavy atom. The van der Waals surface area contributed by atoms with Crippen molar-refractivity contribution in [1.82, 2.24) is 0 Å². The van der Waals surface area contributed by atoms with Crippen molar-refractivity contribution in [3.63, 3.8) is 0 Å². The minimum absolute atomic E-state index is 0.0421. The van der Waals surface area contributed by atoms with Crippen molar-refractivity contribution in [3.8, 4) is 0 Å². The molecule has 4 nitrogen and oxygen atoms in total. The van der Waals surface area contributed by atoms with Crippen LogP contribution >= 0.6 is 11.6 Å². The van der Waals surface area contributed by atoms with Gasteiger partial charge < -0.3 is 16.4 Å². The fourth-order valence-corrected chi connectivity index (χ4v) is 2.55. The van der Waals surface area contributed by atoms with Crippen molar-refractivity contribution in [3.05, 3.63) is 58.6 Å². The zero-order valence-corrected chi connectivity index (χ0v) is 12.8. The molecule has 0 saturated carbocycles. The van der Waals surface area contributed by atoms with Gasteiger partial charge in [0.15, 0.2) is 0 Å².